The summed E-state index contributed by atoms with van der Waals surface area (Å²) < 4.78 is 11.4. The Labute approximate surface area is 176 Å². The van der Waals surface area contributed by atoms with E-state index >= 15 is 0 Å². The lowest BCUT2D eigenvalue weighted by Gasteiger charge is -2.27. The topological polar surface area (TPSA) is 80.7 Å². The minimum absolute atomic E-state index is 0.134. The lowest BCUT2D eigenvalue weighted by molar-refractivity contribution is 0.0697. The van der Waals surface area contributed by atoms with Crippen molar-refractivity contribution in [3.05, 3.63) is 83.9 Å². The van der Waals surface area contributed by atoms with Crippen LogP contribution in [0, 0.1) is 5.92 Å². The van der Waals surface area contributed by atoms with Crippen LogP contribution < -0.4 is 10.1 Å². The number of carbonyl (C=O) groups is 1. The summed E-state index contributed by atoms with van der Waals surface area (Å²) in [6.07, 6.45) is 7.64. The molecule has 3 rings (SSSR count). The van der Waals surface area contributed by atoms with Gasteiger partial charge in [0.1, 0.15) is 11.5 Å². The maximum absolute atomic E-state index is 11.4. The van der Waals surface area contributed by atoms with Crippen LogP contribution in [0.2, 0.25) is 0 Å². The fourth-order valence-electron chi connectivity index (χ4n) is 3.56. The minimum atomic E-state index is -0.984. The van der Waals surface area contributed by atoms with Crippen LogP contribution in [0.3, 0.4) is 0 Å². The molecule has 0 radical (unpaired) electrons. The highest BCUT2D eigenvalue weighted by Crippen LogP contribution is 2.32. The number of aromatic nitrogens is 1. The van der Waals surface area contributed by atoms with Gasteiger partial charge in [0.15, 0.2) is 0 Å². The van der Waals surface area contributed by atoms with Crippen LogP contribution in [0.5, 0.6) is 5.75 Å². The van der Waals surface area contributed by atoms with Gasteiger partial charge in [0, 0.05) is 24.2 Å². The van der Waals surface area contributed by atoms with Crippen LogP contribution in [0.1, 0.15) is 29.3 Å². The molecule has 0 spiro atoms. The van der Waals surface area contributed by atoms with Crippen LogP contribution in [0.4, 0.5) is 5.69 Å². The van der Waals surface area contributed by atoms with E-state index in [-0.39, 0.29) is 11.5 Å². The van der Waals surface area contributed by atoms with E-state index in [1.807, 2.05) is 43.3 Å². The summed E-state index contributed by atoms with van der Waals surface area (Å²) in [6.45, 7) is 7.13. The number of hydrogen-bond acceptors (Lipinski definition) is 5. The van der Waals surface area contributed by atoms with E-state index in [1.165, 1.54) is 18.5 Å². The molecule has 0 amide bonds. The third-order valence-electron chi connectivity index (χ3n) is 5.14. The fraction of sp³-hybridized carbons (Fsp3) is 0.250. The molecule has 6 nitrogen and oxygen atoms in total. The van der Waals surface area contributed by atoms with Gasteiger partial charge in [0.05, 0.1) is 31.2 Å². The van der Waals surface area contributed by atoms with Gasteiger partial charge in [-0.2, -0.15) is 0 Å². The van der Waals surface area contributed by atoms with E-state index in [1.54, 1.807) is 7.11 Å². The number of nitrogens with zero attached hydrogens (tertiary/aromatic N) is 1. The molecule has 0 aliphatic carbocycles. The zero-order valence-corrected chi connectivity index (χ0v) is 17.2. The van der Waals surface area contributed by atoms with Gasteiger partial charge in [0.25, 0.3) is 0 Å². The smallest absolute Gasteiger partial charge is 0.337 e. The Morgan fingerprint density at radius 1 is 1.37 bits per heavy atom. The molecule has 2 aromatic rings. The Kier molecular flexibility index (Phi) is 6.91. The van der Waals surface area contributed by atoms with Gasteiger partial charge < -0.3 is 19.9 Å². The van der Waals surface area contributed by atoms with Crippen molar-refractivity contribution >= 4 is 17.2 Å². The number of nitrogens with one attached hydrogen (secondary N) is 1. The van der Waals surface area contributed by atoms with E-state index < -0.39 is 5.97 Å². The van der Waals surface area contributed by atoms with Crippen LogP contribution in [-0.4, -0.2) is 36.3 Å². The first kappa shape index (κ1) is 21.2. The first-order chi connectivity index (χ1) is 14.5. The standard InChI is InChI=1S/C24H26N2O4/c1-4-18-17(14-26-21-15-25-11-9-20(21)24(27)28)10-12-30-23(18)13-16(2)19-7-5-6-8-22(19)29-3/h4-9,11,13,15,17,26H,1,10,12,14H2,2-3H3,(H,27,28)/b16-13+. The summed E-state index contributed by atoms with van der Waals surface area (Å²) in [5.41, 5.74) is 3.72. The highest BCUT2D eigenvalue weighted by atomic mass is 16.5. The van der Waals surface area contributed by atoms with Gasteiger partial charge in [-0.3, -0.25) is 4.98 Å². The van der Waals surface area contributed by atoms with Crippen molar-refractivity contribution in [1.29, 1.82) is 0 Å². The highest BCUT2D eigenvalue weighted by molar-refractivity contribution is 5.93. The molecule has 1 aromatic carbocycles. The number of pyridine rings is 1. The highest BCUT2D eigenvalue weighted by Gasteiger charge is 2.22. The predicted molar refractivity (Wildman–Crippen MR) is 118 cm³/mol. The molecule has 0 saturated carbocycles. The molecule has 0 saturated heterocycles. The van der Waals surface area contributed by atoms with Gasteiger partial charge in [-0.05, 0) is 42.7 Å². The zero-order chi connectivity index (χ0) is 21.5. The molecule has 2 heterocycles. The molecule has 1 aromatic heterocycles. The van der Waals surface area contributed by atoms with Crippen LogP contribution >= 0.6 is 0 Å². The number of methoxy groups -OCH3 is 1. The van der Waals surface area contributed by atoms with E-state index in [4.69, 9.17) is 9.47 Å². The van der Waals surface area contributed by atoms with Crippen molar-refractivity contribution in [2.45, 2.75) is 13.3 Å². The average molecular weight is 406 g/mol. The molecule has 156 valence electrons. The molecule has 0 fully saturated rings. The van der Waals surface area contributed by atoms with Crippen molar-refractivity contribution in [2.24, 2.45) is 5.92 Å². The Morgan fingerprint density at radius 3 is 2.90 bits per heavy atom. The molecular weight excluding hydrogens is 380 g/mol. The molecule has 0 bridgehead atoms. The minimum Gasteiger partial charge on any atom is -0.496 e. The molecular formula is C24H26N2O4. The second kappa shape index (κ2) is 9.78. The number of ether oxygens (including phenoxy) is 2. The van der Waals surface area contributed by atoms with Gasteiger partial charge in [0.2, 0.25) is 0 Å². The Hall–Kier alpha value is -3.54. The number of carboxylic acid groups (broad SMARTS) is 1. The molecule has 30 heavy (non-hydrogen) atoms. The zero-order valence-electron chi connectivity index (χ0n) is 17.2. The average Bonchev–Trinajstić information content (AvgIpc) is 2.77. The maximum Gasteiger partial charge on any atom is 0.337 e. The van der Waals surface area contributed by atoms with Gasteiger partial charge >= 0.3 is 5.97 Å². The molecule has 1 atom stereocenters. The summed E-state index contributed by atoms with van der Waals surface area (Å²) in [5.74, 6) is 0.729. The number of hydrogen-bond donors (Lipinski definition) is 2. The van der Waals surface area contributed by atoms with E-state index in [0.717, 1.165) is 34.6 Å². The van der Waals surface area contributed by atoms with Gasteiger partial charge in [-0.1, -0.05) is 30.9 Å². The molecule has 1 aliphatic heterocycles. The first-order valence-corrected chi connectivity index (χ1v) is 9.77. The molecule has 2 N–H and O–H groups in total. The van der Waals surface area contributed by atoms with Crippen molar-refractivity contribution in [1.82, 2.24) is 4.98 Å². The lowest BCUT2D eigenvalue weighted by atomic mass is 9.91. The van der Waals surface area contributed by atoms with Crippen molar-refractivity contribution in [3.63, 3.8) is 0 Å². The molecule has 1 aliphatic rings. The van der Waals surface area contributed by atoms with E-state index in [2.05, 4.69) is 16.9 Å². The Morgan fingerprint density at radius 2 is 2.17 bits per heavy atom. The Bertz CT molecular complexity index is 994. The normalized spacial score (nSPS) is 16.6. The van der Waals surface area contributed by atoms with E-state index in [9.17, 15) is 9.90 Å². The Balaban J connectivity index is 1.85. The number of rotatable bonds is 8. The second-order valence-electron chi connectivity index (χ2n) is 6.99. The third kappa shape index (κ3) is 4.71. The third-order valence-corrected chi connectivity index (χ3v) is 5.14. The van der Waals surface area contributed by atoms with Gasteiger partial charge in [-0.15, -0.1) is 0 Å². The number of allylic oxidation sites excluding steroid dienone is 3. The quantitative estimate of drug-likeness (QED) is 0.657. The first-order valence-electron chi connectivity index (χ1n) is 9.77. The van der Waals surface area contributed by atoms with Gasteiger partial charge in [-0.25, -0.2) is 4.79 Å². The van der Waals surface area contributed by atoms with Crippen LogP contribution in [-0.2, 0) is 4.74 Å². The predicted octanol–water partition coefficient (Wildman–Crippen LogP) is 4.78. The maximum atomic E-state index is 11.4. The fourth-order valence-corrected chi connectivity index (χ4v) is 3.56. The van der Waals surface area contributed by atoms with E-state index in [0.29, 0.717) is 18.8 Å². The summed E-state index contributed by atoms with van der Waals surface area (Å²) in [6, 6.07) is 9.34. The SMILES string of the molecule is C=CC1=C(/C=C(\C)c2ccccc2OC)OCCC1CNc1cnccc1C(=O)O. The lowest BCUT2D eigenvalue weighted by Crippen LogP contribution is -2.23. The second-order valence-corrected chi connectivity index (χ2v) is 6.99. The monoisotopic (exact) mass is 406 g/mol. The van der Waals surface area contributed by atoms with Crippen molar-refractivity contribution in [2.75, 3.05) is 25.6 Å². The van der Waals surface area contributed by atoms with Crippen molar-refractivity contribution < 1.29 is 19.4 Å². The summed E-state index contributed by atoms with van der Waals surface area (Å²) >= 11 is 0. The number of aromatic carboxylic acids is 1. The summed E-state index contributed by atoms with van der Waals surface area (Å²) in [7, 11) is 1.66. The molecule has 6 heteroatoms. The van der Waals surface area contributed by atoms with Crippen molar-refractivity contribution in [3.8, 4) is 5.75 Å². The summed E-state index contributed by atoms with van der Waals surface area (Å²) in [5, 5.41) is 12.6. The molecule has 1 unspecified atom stereocenters. The van der Waals surface area contributed by atoms with Crippen LogP contribution in [0.25, 0.3) is 5.57 Å². The van der Waals surface area contributed by atoms with Crippen LogP contribution in [0.15, 0.2) is 72.8 Å². The number of benzene rings is 1. The number of anilines is 1. The number of carboxylic acids is 1. The number of para-hydroxylation sites is 1. The largest absolute Gasteiger partial charge is 0.496 e. The summed E-state index contributed by atoms with van der Waals surface area (Å²) in [4.78, 5) is 15.5.